The molecule has 0 bridgehead atoms. The number of carbonyl (C=O) groups is 2. The maximum Gasteiger partial charge on any atom is 0.226 e. The molecule has 7 nitrogen and oxygen atoms in total. The number of guanidine groups is 1. The van der Waals surface area contributed by atoms with Gasteiger partial charge in [0.25, 0.3) is 0 Å². The fourth-order valence-corrected chi connectivity index (χ4v) is 3.22. The molecule has 0 aromatic heterocycles. The minimum absolute atomic E-state index is 0. The number of amides is 2. The molecule has 1 aliphatic rings. The molecule has 0 radical (unpaired) electrons. The molecule has 29 heavy (non-hydrogen) atoms. The van der Waals surface area contributed by atoms with Crippen LogP contribution in [0.5, 0.6) is 0 Å². The van der Waals surface area contributed by atoms with Crippen LogP contribution >= 0.6 is 24.0 Å². The Kier molecular flexibility index (Phi) is 11.0. The molecule has 0 aliphatic carbocycles. The third-order valence-electron chi connectivity index (χ3n) is 5.08. The van der Waals surface area contributed by atoms with Crippen molar-refractivity contribution in [1.29, 1.82) is 0 Å². The lowest BCUT2D eigenvalue weighted by molar-refractivity contribution is -0.122. The average molecular weight is 515 g/mol. The van der Waals surface area contributed by atoms with E-state index in [-0.39, 0.29) is 41.7 Å². The van der Waals surface area contributed by atoms with Crippen molar-refractivity contribution in [2.75, 3.05) is 32.5 Å². The van der Waals surface area contributed by atoms with E-state index in [1.165, 1.54) is 0 Å². The third-order valence-corrected chi connectivity index (χ3v) is 5.08. The van der Waals surface area contributed by atoms with Gasteiger partial charge in [0.1, 0.15) is 0 Å². The van der Waals surface area contributed by atoms with Crippen LogP contribution in [0.1, 0.15) is 38.7 Å². The van der Waals surface area contributed by atoms with Crippen LogP contribution in [0.4, 0.5) is 5.69 Å². The van der Waals surface area contributed by atoms with Crippen molar-refractivity contribution < 1.29 is 9.59 Å². The van der Waals surface area contributed by atoms with E-state index in [0.717, 1.165) is 43.1 Å². The van der Waals surface area contributed by atoms with Gasteiger partial charge in [-0.3, -0.25) is 14.6 Å². The van der Waals surface area contributed by atoms with Gasteiger partial charge in [0.2, 0.25) is 11.8 Å². The first-order chi connectivity index (χ1) is 13.4. The van der Waals surface area contributed by atoms with E-state index >= 15 is 0 Å². The van der Waals surface area contributed by atoms with Gasteiger partial charge in [-0.15, -0.1) is 24.0 Å². The maximum absolute atomic E-state index is 11.8. The molecule has 0 saturated carbocycles. The molecule has 2 rings (SSSR count). The van der Waals surface area contributed by atoms with Crippen LogP contribution in [0.25, 0.3) is 0 Å². The predicted molar refractivity (Wildman–Crippen MR) is 129 cm³/mol. The van der Waals surface area contributed by atoms with Gasteiger partial charge in [-0.2, -0.15) is 0 Å². The summed E-state index contributed by atoms with van der Waals surface area (Å²) in [6, 6.07) is 7.85. The minimum Gasteiger partial charge on any atom is -0.359 e. The summed E-state index contributed by atoms with van der Waals surface area (Å²) in [6.07, 6.45) is 2.60. The summed E-state index contributed by atoms with van der Waals surface area (Å²) in [7, 11) is 3.48. The van der Waals surface area contributed by atoms with Crippen LogP contribution in [0.15, 0.2) is 29.3 Å². The molecule has 0 spiro atoms. The largest absolute Gasteiger partial charge is 0.359 e. The van der Waals surface area contributed by atoms with Crippen LogP contribution in [-0.2, 0) is 16.1 Å². The number of aliphatic imine (C=N–C) groups is 1. The summed E-state index contributed by atoms with van der Waals surface area (Å²) < 4.78 is 0. The lowest BCUT2D eigenvalue weighted by Crippen LogP contribution is -2.45. The first-order valence-corrected chi connectivity index (χ1v) is 9.99. The van der Waals surface area contributed by atoms with Gasteiger partial charge in [-0.1, -0.05) is 26.0 Å². The summed E-state index contributed by atoms with van der Waals surface area (Å²) >= 11 is 0. The smallest absolute Gasteiger partial charge is 0.226 e. The summed E-state index contributed by atoms with van der Waals surface area (Å²) in [5.74, 6) is 1.43. The number of benzene rings is 1. The quantitative estimate of drug-likeness (QED) is 0.309. The molecule has 1 heterocycles. The Labute approximate surface area is 191 Å². The zero-order valence-corrected chi connectivity index (χ0v) is 20.2. The van der Waals surface area contributed by atoms with Crippen LogP contribution in [0.3, 0.4) is 0 Å². The second-order valence-electron chi connectivity index (χ2n) is 7.55. The Morgan fingerprint density at radius 1 is 1.17 bits per heavy atom. The molecule has 0 unspecified atom stereocenters. The van der Waals surface area contributed by atoms with Crippen molar-refractivity contribution in [2.45, 2.75) is 39.7 Å². The monoisotopic (exact) mass is 515 g/mol. The van der Waals surface area contributed by atoms with Gasteiger partial charge >= 0.3 is 0 Å². The summed E-state index contributed by atoms with van der Waals surface area (Å²) in [4.78, 5) is 29.9. The van der Waals surface area contributed by atoms with Crippen molar-refractivity contribution in [3.05, 3.63) is 29.8 Å². The topological polar surface area (TPSA) is 85.8 Å². The van der Waals surface area contributed by atoms with E-state index in [4.69, 9.17) is 0 Å². The molecule has 1 aromatic carbocycles. The Balaban J connectivity index is 0.00000420. The molecular weight excluding hydrogens is 481 g/mol. The van der Waals surface area contributed by atoms with Crippen molar-refractivity contribution in [2.24, 2.45) is 16.8 Å². The van der Waals surface area contributed by atoms with Crippen LogP contribution in [0.2, 0.25) is 0 Å². The normalized spacial score (nSPS) is 14.9. The fourth-order valence-electron chi connectivity index (χ4n) is 3.22. The Hall–Kier alpha value is -1.84. The zero-order valence-electron chi connectivity index (χ0n) is 17.8. The van der Waals surface area contributed by atoms with Crippen molar-refractivity contribution in [3.8, 4) is 0 Å². The lowest BCUT2D eigenvalue weighted by atomic mass is 9.93. The summed E-state index contributed by atoms with van der Waals surface area (Å²) in [5, 5.41) is 9.01. The highest BCUT2D eigenvalue weighted by molar-refractivity contribution is 14.0. The number of likely N-dealkylation sites (tertiary alicyclic amines) is 1. The molecule has 162 valence electrons. The fraction of sp³-hybridized carbons (Fsp3) is 0.571. The Morgan fingerprint density at radius 3 is 2.31 bits per heavy atom. The first-order valence-electron chi connectivity index (χ1n) is 9.99. The number of anilines is 1. The van der Waals surface area contributed by atoms with E-state index in [1.54, 1.807) is 14.1 Å². The van der Waals surface area contributed by atoms with Gasteiger partial charge in [0.05, 0.1) is 0 Å². The minimum atomic E-state index is -0.0369. The number of rotatable bonds is 6. The van der Waals surface area contributed by atoms with Crippen LogP contribution in [0, 0.1) is 11.8 Å². The molecular formula is C21H34IN5O2. The highest BCUT2D eigenvalue weighted by atomic mass is 127. The van der Waals surface area contributed by atoms with E-state index < -0.39 is 0 Å². The number of nitrogens with zero attached hydrogens (tertiary/aromatic N) is 2. The van der Waals surface area contributed by atoms with Crippen molar-refractivity contribution in [1.82, 2.24) is 15.5 Å². The molecule has 1 saturated heterocycles. The third kappa shape index (κ3) is 8.20. The lowest BCUT2D eigenvalue weighted by Gasteiger charge is -2.34. The maximum atomic E-state index is 11.8. The van der Waals surface area contributed by atoms with Gasteiger partial charge in [0.15, 0.2) is 5.96 Å². The van der Waals surface area contributed by atoms with Crippen LogP contribution < -0.4 is 16.0 Å². The summed E-state index contributed by atoms with van der Waals surface area (Å²) in [6.45, 7) is 6.23. The second kappa shape index (κ2) is 12.7. The predicted octanol–water partition coefficient (Wildman–Crippen LogP) is 2.82. The molecule has 3 N–H and O–H groups in total. The SMILES string of the molecule is CN=C(NCc1ccc(NC(=O)C(C)C)cc1)N1CCC(CC(=O)NC)CC1.I. The molecule has 1 fully saturated rings. The van der Waals surface area contributed by atoms with Crippen molar-refractivity contribution in [3.63, 3.8) is 0 Å². The number of piperidine rings is 1. The number of hydrogen-bond acceptors (Lipinski definition) is 3. The number of hydrogen-bond donors (Lipinski definition) is 3. The number of halogens is 1. The molecule has 2 amide bonds. The second-order valence-corrected chi connectivity index (χ2v) is 7.55. The van der Waals surface area contributed by atoms with E-state index in [9.17, 15) is 9.59 Å². The molecule has 0 atom stereocenters. The molecule has 1 aliphatic heterocycles. The average Bonchev–Trinajstić information content (AvgIpc) is 2.70. The number of nitrogens with one attached hydrogen (secondary N) is 3. The van der Waals surface area contributed by atoms with Crippen LogP contribution in [-0.4, -0.2) is 49.9 Å². The van der Waals surface area contributed by atoms with Gasteiger partial charge < -0.3 is 20.9 Å². The Morgan fingerprint density at radius 2 is 1.79 bits per heavy atom. The highest BCUT2D eigenvalue weighted by Gasteiger charge is 2.23. The van der Waals surface area contributed by atoms with E-state index in [2.05, 4.69) is 25.8 Å². The number of carbonyl (C=O) groups excluding carboxylic acids is 2. The van der Waals surface area contributed by atoms with Gasteiger partial charge in [0, 0.05) is 51.8 Å². The van der Waals surface area contributed by atoms with Gasteiger partial charge in [-0.05, 0) is 36.5 Å². The zero-order chi connectivity index (χ0) is 20.5. The van der Waals surface area contributed by atoms with E-state index in [0.29, 0.717) is 18.9 Å². The van der Waals surface area contributed by atoms with E-state index in [1.807, 2.05) is 38.1 Å². The van der Waals surface area contributed by atoms with Gasteiger partial charge in [-0.25, -0.2) is 0 Å². The summed E-state index contributed by atoms with van der Waals surface area (Å²) in [5.41, 5.74) is 1.93. The van der Waals surface area contributed by atoms with Crippen molar-refractivity contribution >= 4 is 47.4 Å². The highest BCUT2D eigenvalue weighted by Crippen LogP contribution is 2.20. The molecule has 8 heteroatoms. The first kappa shape index (κ1) is 25.2. The molecule has 1 aromatic rings. The standard InChI is InChI=1S/C21H33N5O2.HI/c1-15(2)20(28)25-18-7-5-17(6-8-18)14-24-21(23-4)26-11-9-16(10-12-26)13-19(27)22-3;/h5-8,15-16H,9-14H2,1-4H3,(H,22,27)(H,23,24)(H,25,28);1H. The Bertz CT molecular complexity index is 683.